The van der Waals surface area contributed by atoms with Crippen LogP contribution < -0.4 is 11.1 Å². The molecule has 2 amide bonds. The predicted octanol–water partition coefficient (Wildman–Crippen LogP) is 1.63. The smallest absolute Gasteiger partial charge is 0.312 e. The Kier molecular flexibility index (Phi) is 2.95. The molecule has 0 radical (unpaired) electrons. The number of hydrogen-bond acceptors (Lipinski definition) is 1. The van der Waals surface area contributed by atoms with Crippen molar-refractivity contribution in [1.29, 1.82) is 0 Å². The van der Waals surface area contributed by atoms with Gasteiger partial charge in [0, 0.05) is 6.54 Å². The number of nitrogens with one attached hydrogen (secondary N) is 1. The molecule has 0 aromatic carbocycles. The first-order valence-corrected chi connectivity index (χ1v) is 4.72. The van der Waals surface area contributed by atoms with E-state index >= 15 is 0 Å². The standard InChI is InChI=1S/C9H18N2O/c1-2-9(5-3-4-6-9)7-11-8(10)12/h2-7H2,1H3,(H3,10,11,12). The molecule has 3 N–H and O–H groups in total. The van der Waals surface area contributed by atoms with E-state index in [-0.39, 0.29) is 0 Å². The number of carbonyl (C=O) groups excluding carboxylic acids is 1. The number of nitrogens with two attached hydrogens (primary N) is 1. The molecule has 0 bridgehead atoms. The highest BCUT2D eigenvalue weighted by molar-refractivity contribution is 5.71. The molecule has 70 valence electrons. The molecular weight excluding hydrogens is 152 g/mol. The van der Waals surface area contributed by atoms with Crippen molar-refractivity contribution in [1.82, 2.24) is 5.32 Å². The normalized spacial score (nSPS) is 20.8. The fourth-order valence-electron chi connectivity index (χ4n) is 2.05. The van der Waals surface area contributed by atoms with Crippen LogP contribution in [-0.2, 0) is 0 Å². The molecule has 0 saturated heterocycles. The molecule has 0 aromatic rings. The predicted molar refractivity (Wildman–Crippen MR) is 48.8 cm³/mol. The van der Waals surface area contributed by atoms with E-state index in [1.54, 1.807) is 0 Å². The summed E-state index contributed by atoms with van der Waals surface area (Å²) in [7, 11) is 0. The van der Waals surface area contributed by atoms with Crippen LogP contribution in [0.15, 0.2) is 0 Å². The molecule has 1 fully saturated rings. The minimum atomic E-state index is -0.394. The van der Waals surface area contributed by atoms with Crippen LogP contribution >= 0.6 is 0 Å². The highest BCUT2D eigenvalue weighted by Gasteiger charge is 2.31. The summed E-state index contributed by atoms with van der Waals surface area (Å²) in [5, 5.41) is 2.72. The van der Waals surface area contributed by atoms with E-state index in [4.69, 9.17) is 5.73 Å². The third-order valence-corrected chi connectivity index (χ3v) is 3.05. The van der Waals surface area contributed by atoms with Gasteiger partial charge in [-0.15, -0.1) is 0 Å². The van der Waals surface area contributed by atoms with Crippen molar-refractivity contribution >= 4 is 6.03 Å². The second-order valence-electron chi connectivity index (χ2n) is 3.78. The molecular formula is C9H18N2O. The minimum absolute atomic E-state index is 0.356. The zero-order valence-corrected chi connectivity index (χ0v) is 7.73. The number of rotatable bonds is 3. The van der Waals surface area contributed by atoms with Gasteiger partial charge in [0.25, 0.3) is 0 Å². The van der Waals surface area contributed by atoms with Gasteiger partial charge in [0.2, 0.25) is 0 Å². The Labute approximate surface area is 73.7 Å². The van der Waals surface area contributed by atoms with Crippen LogP contribution in [0.1, 0.15) is 39.0 Å². The average molecular weight is 170 g/mol. The van der Waals surface area contributed by atoms with Gasteiger partial charge in [-0.1, -0.05) is 19.8 Å². The van der Waals surface area contributed by atoms with E-state index in [2.05, 4.69) is 12.2 Å². The fourth-order valence-corrected chi connectivity index (χ4v) is 2.05. The van der Waals surface area contributed by atoms with E-state index in [0.717, 1.165) is 13.0 Å². The van der Waals surface area contributed by atoms with E-state index < -0.39 is 6.03 Å². The summed E-state index contributed by atoms with van der Waals surface area (Å²) in [6.45, 7) is 2.95. The third kappa shape index (κ3) is 2.13. The Morgan fingerprint density at radius 2 is 2.08 bits per heavy atom. The molecule has 3 heteroatoms. The van der Waals surface area contributed by atoms with E-state index in [1.807, 2.05) is 0 Å². The Morgan fingerprint density at radius 3 is 2.50 bits per heavy atom. The lowest BCUT2D eigenvalue weighted by Crippen LogP contribution is -2.38. The van der Waals surface area contributed by atoms with Gasteiger partial charge in [-0.2, -0.15) is 0 Å². The monoisotopic (exact) mass is 170 g/mol. The number of amides is 2. The second-order valence-corrected chi connectivity index (χ2v) is 3.78. The Hall–Kier alpha value is -0.730. The lowest BCUT2D eigenvalue weighted by molar-refractivity contribution is 0.232. The topological polar surface area (TPSA) is 55.1 Å². The number of carbonyl (C=O) groups is 1. The molecule has 1 saturated carbocycles. The van der Waals surface area contributed by atoms with Gasteiger partial charge < -0.3 is 11.1 Å². The Morgan fingerprint density at radius 1 is 1.50 bits per heavy atom. The molecule has 12 heavy (non-hydrogen) atoms. The van der Waals surface area contributed by atoms with Crippen LogP contribution in [0, 0.1) is 5.41 Å². The molecule has 1 aliphatic rings. The maximum atomic E-state index is 10.5. The molecule has 0 unspecified atom stereocenters. The van der Waals surface area contributed by atoms with Crippen molar-refractivity contribution in [2.45, 2.75) is 39.0 Å². The average Bonchev–Trinajstić information content (AvgIpc) is 2.50. The molecule has 0 aliphatic heterocycles. The van der Waals surface area contributed by atoms with Crippen LogP contribution in [0.3, 0.4) is 0 Å². The fraction of sp³-hybridized carbons (Fsp3) is 0.889. The van der Waals surface area contributed by atoms with Gasteiger partial charge >= 0.3 is 6.03 Å². The van der Waals surface area contributed by atoms with Crippen LogP contribution in [-0.4, -0.2) is 12.6 Å². The molecule has 0 aromatic heterocycles. The highest BCUT2D eigenvalue weighted by atomic mass is 16.2. The summed E-state index contributed by atoms with van der Waals surface area (Å²) < 4.78 is 0. The zero-order chi connectivity index (χ0) is 9.03. The maximum absolute atomic E-state index is 10.5. The van der Waals surface area contributed by atoms with Crippen molar-refractivity contribution < 1.29 is 4.79 Å². The van der Waals surface area contributed by atoms with E-state index in [1.165, 1.54) is 25.7 Å². The summed E-state index contributed by atoms with van der Waals surface area (Å²) >= 11 is 0. The van der Waals surface area contributed by atoms with Gasteiger partial charge in [-0.3, -0.25) is 0 Å². The molecule has 3 nitrogen and oxygen atoms in total. The second kappa shape index (κ2) is 3.78. The molecule has 1 aliphatic carbocycles. The Bertz CT molecular complexity index is 162. The van der Waals surface area contributed by atoms with Crippen LogP contribution in [0.5, 0.6) is 0 Å². The van der Waals surface area contributed by atoms with Crippen molar-refractivity contribution in [2.75, 3.05) is 6.54 Å². The number of primary amides is 1. The quantitative estimate of drug-likeness (QED) is 0.664. The first-order chi connectivity index (χ1) is 5.68. The first kappa shape index (κ1) is 9.36. The van der Waals surface area contributed by atoms with Gasteiger partial charge in [0.1, 0.15) is 0 Å². The van der Waals surface area contributed by atoms with E-state index in [9.17, 15) is 4.79 Å². The zero-order valence-electron chi connectivity index (χ0n) is 7.73. The van der Waals surface area contributed by atoms with Gasteiger partial charge in [0.05, 0.1) is 0 Å². The summed E-state index contributed by atoms with van der Waals surface area (Å²) in [5.41, 5.74) is 5.39. The summed E-state index contributed by atoms with van der Waals surface area (Å²) in [6, 6.07) is -0.394. The lowest BCUT2D eigenvalue weighted by atomic mass is 9.83. The van der Waals surface area contributed by atoms with Crippen LogP contribution in [0.2, 0.25) is 0 Å². The lowest BCUT2D eigenvalue weighted by Gasteiger charge is -2.27. The third-order valence-electron chi connectivity index (χ3n) is 3.05. The highest BCUT2D eigenvalue weighted by Crippen LogP contribution is 2.40. The molecule has 0 atom stereocenters. The summed E-state index contributed by atoms with van der Waals surface area (Å²) in [6.07, 6.45) is 6.23. The van der Waals surface area contributed by atoms with Crippen molar-refractivity contribution in [3.63, 3.8) is 0 Å². The first-order valence-electron chi connectivity index (χ1n) is 4.72. The van der Waals surface area contributed by atoms with Gasteiger partial charge in [-0.25, -0.2) is 4.79 Å². The minimum Gasteiger partial charge on any atom is -0.352 e. The van der Waals surface area contributed by atoms with Crippen LogP contribution in [0.25, 0.3) is 0 Å². The summed E-state index contributed by atoms with van der Waals surface area (Å²) in [4.78, 5) is 10.5. The van der Waals surface area contributed by atoms with Crippen molar-refractivity contribution in [2.24, 2.45) is 11.1 Å². The Balaban J connectivity index is 2.39. The van der Waals surface area contributed by atoms with Crippen molar-refractivity contribution in [3.8, 4) is 0 Å². The molecule has 0 heterocycles. The molecule has 1 rings (SSSR count). The maximum Gasteiger partial charge on any atom is 0.312 e. The van der Waals surface area contributed by atoms with Crippen LogP contribution in [0.4, 0.5) is 4.79 Å². The van der Waals surface area contributed by atoms with E-state index in [0.29, 0.717) is 5.41 Å². The number of urea groups is 1. The van der Waals surface area contributed by atoms with Gasteiger partial charge in [-0.05, 0) is 24.7 Å². The summed E-state index contributed by atoms with van der Waals surface area (Å²) in [5.74, 6) is 0. The van der Waals surface area contributed by atoms with Gasteiger partial charge in [0.15, 0.2) is 0 Å². The number of hydrogen-bond donors (Lipinski definition) is 2. The largest absolute Gasteiger partial charge is 0.352 e. The molecule has 0 spiro atoms. The van der Waals surface area contributed by atoms with Crippen molar-refractivity contribution in [3.05, 3.63) is 0 Å². The SMILES string of the molecule is CCC1(CNC(N)=O)CCCC1.